The number of halogens is 1. The zero-order valence-electron chi connectivity index (χ0n) is 15.5. The van der Waals surface area contributed by atoms with E-state index in [0.29, 0.717) is 22.8 Å². The number of hydrogen-bond donors (Lipinski definition) is 1. The topological polar surface area (TPSA) is 75.9 Å². The lowest BCUT2D eigenvalue weighted by atomic mass is 10.00. The second-order valence-corrected chi connectivity index (χ2v) is 7.14. The predicted octanol–water partition coefficient (Wildman–Crippen LogP) is 2.66. The van der Waals surface area contributed by atoms with Crippen LogP contribution in [0.25, 0.3) is 5.69 Å². The van der Waals surface area contributed by atoms with E-state index < -0.39 is 0 Å². The van der Waals surface area contributed by atoms with Gasteiger partial charge in [-0.2, -0.15) is 0 Å². The van der Waals surface area contributed by atoms with Crippen LogP contribution in [0.5, 0.6) is 0 Å². The fourth-order valence-corrected chi connectivity index (χ4v) is 3.73. The van der Waals surface area contributed by atoms with E-state index in [9.17, 15) is 4.79 Å². The van der Waals surface area contributed by atoms with Crippen LogP contribution in [0.3, 0.4) is 0 Å². The van der Waals surface area contributed by atoms with Gasteiger partial charge in [-0.25, -0.2) is 4.68 Å². The summed E-state index contributed by atoms with van der Waals surface area (Å²) in [4.78, 5) is 15.2. The average molecular weight is 397 g/mol. The van der Waals surface area contributed by atoms with Crippen LogP contribution in [0.2, 0.25) is 5.02 Å². The molecule has 1 fully saturated rings. The van der Waals surface area contributed by atoms with Crippen molar-refractivity contribution in [3.8, 4) is 5.69 Å². The molecule has 144 valence electrons. The van der Waals surface area contributed by atoms with E-state index in [2.05, 4.69) is 52.0 Å². The Hall–Kier alpha value is -2.77. The summed E-state index contributed by atoms with van der Waals surface area (Å²) in [5, 5.41) is 14.9. The van der Waals surface area contributed by atoms with Crippen molar-refractivity contribution >= 4 is 17.5 Å². The van der Waals surface area contributed by atoms with Crippen LogP contribution < -0.4 is 5.32 Å². The molecule has 1 aliphatic heterocycles. The highest BCUT2D eigenvalue weighted by molar-refractivity contribution is 6.34. The molecule has 2 aromatic carbocycles. The van der Waals surface area contributed by atoms with E-state index in [-0.39, 0.29) is 11.9 Å². The maximum atomic E-state index is 13.3. The smallest absolute Gasteiger partial charge is 0.255 e. The Bertz CT molecular complexity index is 957. The molecule has 1 aromatic heterocycles. The molecule has 2 heterocycles. The largest absolute Gasteiger partial charge is 0.329 e. The molecule has 1 amide bonds. The standard InChI is InChI=1S/C20H21ClN6O/c1-2-14-3-5-15(6-4-14)19-12-22-9-10-26(19)20(28)17-8-7-16(11-18(17)21)27-13-23-24-25-27/h3-8,11,13,19,22H,2,9-10,12H2,1H3. The lowest BCUT2D eigenvalue weighted by Crippen LogP contribution is -2.48. The maximum Gasteiger partial charge on any atom is 0.255 e. The fourth-order valence-electron chi connectivity index (χ4n) is 3.47. The Balaban J connectivity index is 1.61. The molecule has 3 aromatic rings. The van der Waals surface area contributed by atoms with E-state index in [1.54, 1.807) is 18.2 Å². The molecule has 28 heavy (non-hydrogen) atoms. The minimum Gasteiger partial charge on any atom is -0.329 e. The predicted molar refractivity (Wildman–Crippen MR) is 107 cm³/mol. The van der Waals surface area contributed by atoms with Gasteiger partial charge in [0.05, 0.1) is 22.3 Å². The Labute approximate surface area is 168 Å². The summed E-state index contributed by atoms with van der Waals surface area (Å²) in [5.41, 5.74) is 3.60. The number of piperazine rings is 1. The van der Waals surface area contributed by atoms with Crippen molar-refractivity contribution in [2.45, 2.75) is 19.4 Å². The van der Waals surface area contributed by atoms with Gasteiger partial charge in [-0.05, 0) is 46.2 Å². The monoisotopic (exact) mass is 396 g/mol. The Morgan fingerprint density at radius 3 is 2.75 bits per heavy atom. The molecule has 0 bridgehead atoms. The summed E-state index contributed by atoms with van der Waals surface area (Å²) < 4.78 is 1.50. The van der Waals surface area contributed by atoms with E-state index in [0.717, 1.165) is 25.1 Å². The van der Waals surface area contributed by atoms with Crippen molar-refractivity contribution < 1.29 is 4.79 Å². The summed E-state index contributed by atoms with van der Waals surface area (Å²) in [5.74, 6) is -0.0701. The molecule has 1 N–H and O–H groups in total. The fraction of sp³-hybridized carbons (Fsp3) is 0.300. The van der Waals surface area contributed by atoms with Gasteiger partial charge >= 0.3 is 0 Å². The SMILES string of the molecule is CCc1ccc(C2CNCCN2C(=O)c2ccc(-n3cnnn3)cc2Cl)cc1. The molecule has 1 aliphatic rings. The summed E-state index contributed by atoms with van der Waals surface area (Å²) in [7, 11) is 0. The molecule has 0 saturated carbocycles. The van der Waals surface area contributed by atoms with Crippen LogP contribution in [0.4, 0.5) is 0 Å². The molecule has 8 heteroatoms. The minimum absolute atomic E-state index is 0.0255. The third-order valence-electron chi connectivity index (χ3n) is 5.07. The first-order valence-electron chi connectivity index (χ1n) is 9.31. The van der Waals surface area contributed by atoms with E-state index >= 15 is 0 Å². The first-order valence-corrected chi connectivity index (χ1v) is 9.68. The van der Waals surface area contributed by atoms with Crippen LogP contribution in [0.1, 0.15) is 34.5 Å². The van der Waals surface area contributed by atoms with Crippen molar-refractivity contribution in [3.05, 3.63) is 70.5 Å². The molecule has 4 rings (SSSR count). The van der Waals surface area contributed by atoms with Crippen LogP contribution >= 0.6 is 11.6 Å². The number of amides is 1. The molecule has 1 unspecified atom stereocenters. The molecule has 1 saturated heterocycles. The number of aryl methyl sites for hydroxylation is 1. The van der Waals surface area contributed by atoms with Crippen molar-refractivity contribution in [2.75, 3.05) is 19.6 Å². The molecule has 0 spiro atoms. The van der Waals surface area contributed by atoms with Crippen LogP contribution in [-0.2, 0) is 6.42 Å². The molecular weight excluding hydrogens is 376 g/mol. The Kier molecular flexibility index (Phi) is 5.36. The van der Waals surface area contributed by atoms with Gasteiger partial charge in [0.15, 0.2) is 0 Å². The molecule has 7 nitrogen and oxygen atoms in total. The highest BCUT2D eigenvalue weighted by Crippen LogP contribution is 2.28. The summed E-state index contributed by atoms with van der Waals surface area (Å²) in [6.45, 7) is 4.24. The van der Waals surface area contributed by atoms with Gasteiger partial charge < -0.3 is 10.2 Å². The number of benzene rings is 2. The zero-order chi connectivity index (χ0) is 19.5. The second kappa shape index (κ2) is 8.08. The zero-order valence-corrected chi connectivity index (χ0v) is 16.3. The van der Waals surface area contributed by atoms with Crippen molar-refractivity contribution in [2.24, 2.45) is 0 Å². The number of rotatable bonds is 4. The molecule has 0 radical (unpaired) electrons. The van der Waals surface area contributed by atoms with E-state index in [4.69, 9.17) is 11.6 Å². The number of carbonyl (C=O) groups is 1. The first-order chi connectivity index (χ1) is 13.7. The van der Waals surface area contributed by atoms with Gasteiger partial charge in [-0.15, -0.1) is 5.10 Å². The normalized spacial score (nSPS) is 16.9. The minimum atomic E-state index is -0.0701. The van der Waals surface area contributed by atoms with Gasteiger partial charge in [-0.3, -0.25) is 4.79 Å². The van der Waals surface area contributed by atoms with Gasteiger partial charge in [0.25, 0.3) is 5.91 Å². The highest BCUT2D eigenvalue weighted by atomic mass is 35.5. The lowest BCUT2D eigenvalue weighted by molar-refractivity contribution is 0.0634. The van der Waals surface area contributed by atoms with E-state index in [1.807, 2.05) is 4.90 Å². The number of tetrazole rings is 1. The third kappa shape index (κ3) is 3.63. The number of carbonyl (C=O) groups excluding carboxylic acids is 1. The van der Waals surface area contributed by atoms with Crippen molar-refractivity contribution in [1.29, 1.82) is 0 Å². The average Bonchev–Trinajstić information content (AvgIpc) is 3.28. The van der Waals surface area contributed by atoms with Crippen LogP contribution in [0.15, 0.2) is 48.8 Å². The quantitative estimate of drug-likeness (QED) is 0.733. The lowest BCUT2D eigenvalue weighted by Gasteiger charge is -2.37. The van der Waals surface area contributed by atoms with E-state index in [1.165, 1.54) is 16.6 Å². The highest BCUT2D eigenvalue weighted by Gasteiger charge is 2.29. The van der Waals surface area contributed by atoms with Gasteiger partial charge in [0.2, 0.25) is 0 Å². The van der Waals surface area contributed by atoms with Crippen molar-refractivity contribution in [1.82, 2.24) is 30.4 Å². The number of nitrogens with one attached hydrogen (secondary N) is 1. The van der Waals surface area contributed by atoms with Gasteiger partial charge in [0, 0.05) is 19.6 Å². The van der Waals surface area contributed by atoms with Crippen LogP contribution in [0, 0.1) is 0 Å². The van der Waals surface area contributed by atoms with Crippen molar-refractivity contribution in [3.63, 3.8) is 0 Å². The molecule has 0 aliphatic carbocycles. The maximum absolute atomic E-state index is 13.3. The first kappa shape index (κ1) is 18.6. The Morgan fingerprint density at radius 2 is 2.07 bits per heavy atom. The van der Waals surface area contributed by atoms with Crippen LogP contribution in [-0.4, -0.2) is 50.6 Å². The second-order valence-electron chi connectivity index (χ2n) is 6.73. The number of nitrogens with zero attached hydrogens (tertiary/aromatic N) is 5. The summed E-state index contributed by atoms with van der Waals surface area (Å²) >= 11 is 6.45. The Morgan fingerprint density at radius 1 is 1.25 bits per heavy atom. The van der Waals surface area contributed by atoms with Gasteiger partial charge in [0.1, 0.15) is 6.33 Å². The summed E-state index contributed by atoms with van der Waals surface area (Å²) in [6.07, 6.45) is 2.48. The number of hydrogen-bond acceptors (Lipinski definition) is 5. The van der Waals surface area contributed by atoms with Gasteiger partial charge in [-0.1, -0.05) is 42.8 Å². The molecule has 1 atom stereocenters. The summed E-state index contributed by atoms with van der Waals surface area (Å²) in [6, 6.07) is 13.7. The number of aromatic nitrogens is 4. The molecular formula is C20H21ClN6O. The third-order valence-corrected chi connectivity index (χ3v) is 5.39.